The maximum Gasteiger partial charge on any atom is 0.166 e. The van der Waals surface area contributed by atoms with Gasteiger partial charge in [-0.1, -0.05) is 60.7 Å². The molecule has 0 unspecified atom stereocenters. The van der Waals surface area contributed by atoms with Crippen LogP contribution in [0.2, 0.25) is 0 Å². The standard InChI is InChI=1S/C24H25O2S/c1-20(2)17-25-19-26-18-21-13-15-24(16-14-21)27(22-9-5-3-6-10-22)23-11-7-4-8-12-23/h3-16H,1,17-19H2,2H3/q+1. The molecular formula is C24H25O2S+. The lowest BCUT2D eigenvalue weighted by molar-refractivity contribution is -0.0538. The van der Waals surface area contributed by atoms with Crippen molar-refractivity contribution in [3.05, 3.63) is 103 Å². The van der Waals surface area contributed by atoms with Crippen molar-refractivity contribution in [2.45, 2.75) is 28.2 Å². The van der Waals surface area contributed by atoms with Gasteiger partial charge in [0.05, 0.1) is 24.1 Å². The molecule has 3 heteroatoms. The number of hydrogen-bond acceptors (Lipinski definition) is 2. The molecule has 0 aromatic heterocycles. The first-order valence-corrected chi connectivity index (χ1v) is 10.2. The van der Waals surface area contributed by atoms with Crippen molar-refractivity contribution in [3.63, 3.8) is 0 Å². The average molecular weight is 378 g/mol. The van der Waals surface area contributed by atoms with E-state index in [0.29, 0.717) is 13.2 Å². The van der Waals surface area contributed by atoms with E-state index in [1.165, 1.54) is 14.7 Å². The van der Waals surface area contributed by atoms with Gasteiger partial charge in [-0.05, 0) is 48.9 Å². The molecule has 0 radical (unpaired) electrons. The SMILES string of the molecule is C=C(C)COCOCc1ccc([S+](c2ccccc2)c2ccccc2)cc1. The molecule has 0 bridgehead atoms. The van der Waals surface area contributed by atoms with E-state index >= 15 is 0 Å². The molecule has 0 atom stereocenters. The maximum atomic E-state index is 5.58. The van der Waals surface area contributed by atoms with Crippen molar-refractivity contribution in [2.24, 2.45) is 0 Å². The molecule has 0 aliphatic heterocycles. The molecule has 0 saturated carbocycles. The summed E-state index contributed by atoms with van der Waals surface area (Å²) in [5.41, 5.74) is 2.14. The van der Waals surface area contributed by atoms with Gasteiger partial charge in [0.15, 0.2) is 14.7 Å². The monoisotopic (exact) mass is 377 g/mol. The third kappa shape index (κ3) is 5.83. The summed E-state index contributed by atoms with van der Waals surface area (Å²) in [6, 6.07) is 30.0. The molecule has 0 saturated heterocycles. The summed E-state index contributed by atoms with van der Waals surface area (Å²) in [5, 5.41) is 0. The Kier molecular flexibility index (Phi) is 7.28. The van der Waals surface area contributed by atoms with E-state index in [4.69, 9.17) is 9.47 Å². The van der Waals surface area contributed by atoms with Crippen LogP contribution in [0.15, 0.2) is 112 Å². The summed E-state index contributed by atoms with van der Waals surface area (Å²) in [7, 11) is -0.112. The summed E-state index contributed by atoms with van der Waals surface area (Å²) in [5.74, 6) is 0. The lowest BCUT2D eigenvalue weighted by Crippen LogP contribution is -2.05. The third-order valence-electron chi connectivity index (χ3n) is 3.90. The molecule has 0 fully saturated rings. The predicted octanol–water partition coefficient (Wildman–Crippen LogP) is 5.85. The molecule has 27 heavy (non-hydrogen) atoms. The molecule has 3 rings (SSSR count). The van der Waals surface area contributed by atoms with Gasteiger partial charge in [0.2, 0.25) is 0 Å². The highest BCUT2D eigenvalue weighted by Crippen LogP contribution is 2.31. The molecule has 2 nitrogen and oxygen atoms in total. The zero-order valence-electron chi connectivity index (χ0n) is 15.6. The Morgan fingerprint density at radius 1 is 0.741 bits per heavy atom. The van der Waals surface area contributed by atoms with E-state index < -0.39 is 0 Å². The van der Waals surface area contributed by atoms with Crippen LogP contribution in [0.3, 0.4) is 0 Å². The molecule has 0 amide bonds. The normalized spacial score (nSPS) is 10.9. The van der Waals surface area contributed by atoms with Crippen molar-refractivity contribution in [1.82, 2.24) is 0 Å². The average Bonchev–Trinajstić information content (AvgIpc) is 2.70. The highest BCUT2D eigenvalue weighted by molar-refractivity contribution is 7.97. The highest BCUT2D eigenvalue weighted by atomic mass is 32.2. The quantitative estimate of drug-likeness (QED) is 0.202. The van der Waals surface area contributed by atoms with Gasteiger partial charge in [0, 0.05) is 0 Å². The summed E-state index contributed by atoms with van der Waals surface area (Å²) in [6.07, 6.45) is 0. The van der Waals surface area contributed by atoms with Crippen molar-refractivity contribution in [3.8, 4) is 0 Å². The van der Waals surface area contributed by atoms with Gasteiger partial charge in [0.25, 0.3) is 0 Å². The molecular weight excluding hydrogens is 352 g/mol. The van der Waals surface area contributed by atoms with Crippen molar-refractivity contribution < 1.29 is 9.47 Å². The molecule has 0 aliphatic carbocycles. The second kappa shape index (κ2) is 10.1. The number of hydrogen-bond donors (Lipinski definition) is 0. The van der Waals surface area contributed by atoms with Crippen LogP contribution in [0.25, 0.3) is 0 Å². The molecule has 0 N–H and O–H groups in total. The van der Waals surface area contributed by atoms with Crippen LogP contribution < -0.4 is 0 Å². The van der Waals surface area contributed by atoms with Crippen molar-refractivity contribution in [2.75, 3.05) is 13.4 Å². The fourth-order valence-electron chi connectivity index (χ4n) is 2.68. The van der Waals surface area contributed by atoms with E-state index in [1.807, 2.05) is 6.92 Å². The van der Waals surface area contributed by atoms with E-state index in [9.17, 15) is 0 Å². The summed E-state index contributed by atoms with van der Waals surface area (Å²) in [4.78, 5) is 3.94. The lowest BCUT2D eigenvalue weighted by Gasteiger charge is -2.09. The van der Waals surface area contributed by atoms with E-state index in [2.05, 4.69) is 91.5 Å². The van der Waals surface area contributed by atoms with E-state index in [-0.39, 0.29) is 17.7 Å². The van der Waals surface area contributed by atoms with E-state index in [0.717, 1.165) is 11.1 Å². The Balaban J connectivity index is 1.71. The van der Waals surface area contributed by atoms with Crippen LogP contribution in [0, 0.1) is 0 Å². The first-order valence-electron chi connectivity index (χ1n) is 8.97. The third-order valence-corrected chi connectivity index (χ3v) is 6.13. The Bertz CT molecular complexity index is 790. The molecule has 3 aromatic rings. The highest BCUT2D eigenvalue weighted by Gasteiger charge is 2.27. The Hall–Kier alpha value is -2.33. The molecule has 3 aromatic carbocycles. The molecule has 0 heterocycles. The van der Waals surface area contributed by atoms with Gasteiger partial charge in [0.1, 0.15) is 6.79 Å². The molecule has 0 aliphatic rings. The topological polar surface area (TPSA) is 18.5 Å². The minimum Gasteiger partial charge on any atom is -0.351 e. The Morgan fingerprint density at radius 3 is 1.78 bits per heavy atom. The van der Waals surface area contributed by atoms with Crippen molar-refractivity contribution in [1.29, 1.82) is 0 Å². The zero-order valence-corrected chi connectivity index (χ0v) is 16.5. The fraction of sp³-hybridized carbons (Fsp3) is 0.167. The van der Waals surface area contributed by atoms with Crippen molar-refractivity contribution >= 4 is 10.9 Å². The lowest BCUT2D eigenvalue weighted by atomic mass is 10.2. The van der Waals surface area contributed by atoms with Gasteiger partial charge >= 0.3 is 0 Å². The number of benzene rings is 3. The Morgan fingerprint density at radius 2 is 1.26 bits per heavy atom. The first-order chi connectivity index (χ1) is 13.2. The van der Waals surface area contributed by atoms with Crippen LogP contribution in [-0.2, 0) is 27.0 Å². The zero-order chi connectivity index (χ0) is 18.9. The summed E-state index contributed by atoms with van der Waals surface area (Å²) < 4.78 is 11.0. The predicted molar refractivity (Wildman–Crippen MR) is 112 cm³/mol. The molecule has 138 valence electrons. The number of ether oxygens (including phenoxy) is 2. The smallest absolute Gasteiger partial charge is 0.166 e. The van der Waals surface area contributed by atoms with Gasteiger partial charge in [-0.3, -0.25) is 0 Å². The van der Waals surface area contributed by atoms with Gasteiger partial charge in [-0.2, -0.15) is 0 Å². The molecule has 0 spiro atoms. The maximum absolute atomic E-state index is 5.58. The van der Waals surface area contributed by atoms with Gasteiger partial charge < -0.3 is 9.47 Å². The Labute approximate surface area is 164 Å². The number of rotatable bonds is 9. The van der Waals surface area contributed by atoms with Crippen LogP contribution in [0.1, 0.15) is 12.5 Å². The van der Waals surface area contributed by atoms with Crippen LogP contribution in [0.5, 0.6) is 0 Å². The van der Waals surface area contributed by atoms with Gasteiger partial charge in [-0.15, -0.1) is 0 Å². The minimum atomic E-state index is -0.112. The largest absolute Gasteiger partial charge is 0.351 e. The first kappa shape index (κ1) is 19.4. The van der Waals surface area contributed by atoms with Crippen LogP contribution in [0.4, 0.5) is 0 Å². The fourth-order valence-corrected chi connectivity index (χ4v) is 4.76. The summed E-state index contributed by atoms with van der Waals surface area (Å²) >= 11 is 0. The van der Waals surface area contributed by atoms with Gasteiger partial charge in [-0.25, -0.2) is 0 Å². The van der Waals surface area contributed by atoms with E-state index in [1.54, 1.807) is 0 Å². The second-order valence-corrected chi connectivity index (χ2v) is 8.37. The second-order valence-electron chi connectivity index (χ2n) is 6.35. The minimum absolute atomic E-state index is 0.112. The van der Waals surface area contributed by atoms with Crippen LogP contribution >= 0.6 is 0 Å². The van der Waals surface area contributed by atoms with Crippen LogP contribution in [-0.4, -0.2) is 13.4 Å². The summed E-state index contributed by atoms with van der Waals surface area (Å²) in [6.45, 7) is 7.11.